The minimum Gasteiger partial charge on any atom is -0.374 e. The molecule has 2 heterocycles. The number of nitrogens with zero attached hydrogens (tertiary/aromatic N) is 1. The van der Waals surface area contributed by atoms with Gasteiger partial charge in [-0.15, -0.1) is 11.3 Å². The summed E-state index contributed by atoms with van der Waals surface area (Å²) in [6.07, 6.45) is 12.6. The molecule has 2 atom stereocenters. The van der Waals surface area contributed by atoms with E-state index in [1.165, 1.54) is 30.6 Å². The van der Waals surface area contributed by atoms with Gasteiger partial charge in [-0.2, -0.15) is 0 Å². The summed E-state index contributed by atoms with van der Waals surface area (Å²) in [4.78, 5) is 17.7. The first-order valence-electron chi connectivity index (χ1n) is 12.6. The summed E-state index contributed by atoms with van der Waals surface area (Å²) in [6, 6.07) is 10.7. The lowest BCUT2D eigenvalue weighted by atomic mass is 9.94. The molecule has 35 heavy (non-hydrogen) atoms. The maximum atomic E-state index is 13.5. The second-order valence-electron chi connectivity index (χ2n) is 9.65. The van der Waals surface area contributed by atoms with Gasteiger partial charge >= 0.3 is 0 Å². The fraction of sp³-hybridized carbons (Fsp3) is 0.481. The molecule has 2 unspecified atom stereocenters. The van der Waals surface area contributed by atoms with Crippen LogP contribution in [-0.2, 0) is 21.1 Å². The Morgan fingerprint density at radius 2 is 1.74 bits per heavy atom. The number of thiophene rings is 1. The third-order valence-electron chi connectivity index (χ3n) is 7.21. The molecule has 0 radical (unpaired) electrons. The molecule has 5 rings (SSSR count). The molecule has 2 fully saturated rings. The van der Waals surface area contributed by atoms with E-state index in [9.17, 15) is 13.2 Å². The summed E-state index contributed by atoms with van der Waals surface area (Å²) < 4.78 is 34.4. The van der Waals surface area contributed by atoms with E-state index < -0.39 is 15.1 Å². The van der Waals surface area contributed by atoms with Crippen LogP contribution in [0.2, 0.25) is 0 Å². The van der Waals surface area contributed by atoms with E-state index in [1.807, 2.05) is 12.1 Å². The molecule has 8 heteroatoms. The van der Waals surface area contributed by atoms with Gasteiger partial charge in [0.05, 0.1) is 31.9 Å². The molecular weight excluding hydrogens is 480 g/mol. The quantitative estimate of drug-likeness (QED) is 0.441. The first-order valence-corrected chi connectivity index (χ1v) is 15.0. The van der Waals surface area contributed by atoms with Crippen LogP contribution in [0.15, 0.2) is 53.7 Å². The maximum Gasteiger partial charge on any atom is 0.261 e. The van der Waals surface area contributed by atoms with Gasteiger partial charge in [0.25, 0.3) is 5.91 Å². The standard InChI is InChI=1S/C27H32N2O4S2/c30-27(24-16-20-14-15-28-18-25(20)34-24)29-17-19-10-12-22(13-11-19)35(31,32)26-9-5-4-8-23(26)33-21-6-2-1-3-7-21/h10-16,18,21,23,26H,1-9,17H2,(H,29,30). The number of amides is 1. The topological polar surface area (TPSA) is 85.4 Å². The van der Waals surface area contributed by atoms with Crippen LogP contribution in [0.4, 0.5) is 0 Å². The zero-order chi connectivity index (χ0) is 24.3. The number of ether oxygens (including phenoxy) is 1. The molecule has 0 bridgehead atoms. The Kier molecular flexibility index (Phi) is 7.51. The zero-order valence-electron chi connectivity index (χ0n) is 19.8. The average Bonchev–Trinajstić information content (AvgIpc) is 3.33. The fourth-order valence-corrected chi connectivity index (χ4v) is 8.15. The van der Waals surface area contributed by atoms with Crippen LogP contribution in [0.3, 0.4) is 0 Å². The molecule has 2 aliphatic rings. The van der Waals surface area contributed by atoms with E-state index in [2.05, 4.69) is 10.3 Å². The van der Waals surface area contributed by atoms with Crippen molar-refractivity contribution in [2.24, 2.45) is 0 Å². The monoisotopic (exact) mass is 512 g/mol. The molecule has 1 aromatic carbocycles. The Hall–Kier alpha value is -2.29. The number of pyridine rings is 1. The van der Waals surface area contributed by atoms with Crippen LogP contribution in [0.25, 0.3) is 10.1 Å². The van der Waals surface area contributed by atoms with Crippen molar-refractivity contribution in [3.05, 3.63) is 59.2 Å². The molecule has 1 N–H and O–H groups in total. The second-order valence-corrected chi connectivity index (χ2v) is 12.9. The Labute approximate surface area is 211 Å². The number of aromatic nitrogens is 1. The van der Waals surface area contributed by atoms with E-state index in [4.69, 9.17) is 4.74 Å². The minimum absolute atomic E-state index is 0.146. The lowest BCUT2D eigenvalue weighted by molar-refractivity contribution is -0.0429. The first-order chi connectivity index (χ1) is 17.0. The van der Waals surface area contributed by atoms with Gasteiger partial charge < -0.3 is 10.1 Å². The number of sulfone groups is 1. The van der Waals surface area contributed by atoms with E-state index in [0.717, 1.165) is 47.8 Å². The fourth-order valence-electron chi connectivity index (χ4n) is 5.26. The zero-order valence-corrected chi connectivity index (χ0v) is 21.5. The first kappa shape index (κ1) is 24.4. The van der Waals surface area contributed by atoms with Gasteiger partial charge in [-0.25, -0.2) is 8.42 Å². The highest BCUT2D eigenvalue weighted by atomic mass is 32.2. The number of hydrogen-bond acceptors (Lipinski definition) is 6. The van der Waals surface area contributed by atoms with Gasteiger partial charge in [0.2, 0.25) is 0 Å². The Morgan fingerprint density at radius 1 is 1.00 bits per heavy atom. The van der Waals surface area contributed by atoms with Gasteiger partial charge in [-0.3, -0.25) is 9.78 Å². The number of carbonyl (C=O) groups excluding carboxylic acids is 1. The number of benzene rings is 1. The lowest BCUT2D eigenvalue weighted by Crippen LogP contribution is -2.41. The number of carbonyl (C=O) groups is 1. The van der Waals surface area contributed by atoms with Crippen molar-refractivity contribution < 1.29 is 17.9 Å². The van der Waals surface area contributed by atoms with E-state index in [1.54, 1.807) is 36.7 Å². The summed E-state index contributed by atoms with van der Waals surface area (Å²) in [6.45, 7) is 0.336. The third kappa shape index (κ3) is 5.60. The SMILES string of the molecule is O=C(NCc1ccc(S(=O)(=O)C2CCCCC2OC2CCCCC2)cc1)c1cc2ccncc2s1. The largest absolute Gasteiger partial charge is 0.374 e. The van der Waals surface area contributed by atoms with Crippen LogP contribution in [-0.4, -0.2) is 36.8 Å². The van der Waals surface area contributed by atoms with Gasteiger partial charge in [0, 0.05) is 18.9 Å². The second kappa shape index (κ2) is 10.8. The molecule has 0 aliphatic heterocycles. The number of rotatable bonds is 7. The highest BCUT2D eigenvalue weighted by Crippen LogP contribution is 2.34. The molecule has 0 saturated heterocycles. The molecule has 2 aliphatic carbocycles. The molecule has 2 aromatic heterocycles. The molecule has 6 nitrogen and oxygen atoms in total. The molecule has 0 spiro atoms. The van der Waals surface area contributed by atoms with E-state index in [-0.39, 0.29) is 18.1 Å². The van der Waals surface area contributed by atoms with Crippen LogP contribution >= 0.6 is 11.3 Å². The molecule has 3 aromatic rings. The number of fused-ring (bicyclic) bond motifs is 1. The van der Waals surface area contributed by atoms with Gasteiger partial charge in [-0.1, -0.05) is 44.2 Å². The Morgan fingerprint density at radius 3 is 2.51 bits per heavy atom. The number of hydrogen-bond donors (Lipinski definition) is 1. The van der Waals surface area contributed by atoms with Crippen molar-refractivity contribution >= 4 is 37.2 Å². The maximum absolute atomic E-state index is 13.5. The summed E-state index contributed by atoms with van der Waals surface area (Å²) in [5, 5.41) is 3.45. The molecular formula is C27H32N2O4S2. The smallest absolute Gasteiger partial charge is 0.261 e. The van der Waals surface area contributed by atoms with Crippen molar-refractivity contribution in [2.45, 2.75) is 86.7 Å². The van der Waals surface area contributed by atoms with Crippen LogP contribution in [0.1, 0.15) is 73.0 Å². The summed E-state index contributed by atoms with van der Waals surface area (Å²) in [7, 11) is -3.48. The van der Waals surface area contributed by atoms with Gasteiger partial charge in [0.1, 0.15) is 0 Å². The molecule has 1 amide bonds. The number of nitrogens with one attached hydrogen (secondary N) is 1. The highest BCUT2D eigenvalue weighted by Gasteiger charge is 2.38. The Balaban J connectivity index is 1.23. The Bertz CT molecular complexity index is 1230. The normalized spacial score (nSPS) is 21.7. The van der Waals surface area contributed by atoms with Gasteiger partial charge in [0.15, 0.2) is 9.84 Å². The van der Waals surface area contributed by atoms with Crippen LogP contribution in [0, 0.1) is 0 Å². The van der Waals surface area contributed by atoms with Crippen molar-refractivity contribution in [1.82, 2.24) is 10.3 Å². The summed E-state index contributed by atoms with van der Waals surface area (Å²) >= 11 is 1.41. The van der Waals surface area contributed by atoms with E-state index >= 15 is 0 Å². The van der Waals surface area contributed by atoms with Crippen molar-refractivity contribution in [3.63, 3.8) is 0 Å². The van der Waals surface area contributed by atoms with Crippen LogP contribution in [0.5, 0.6) is 0 Å². The third-order valence-corrected chi connectivity index (χ3v) is 10.6. The summed E-state index contributed by atoms with van der Waals surface area (Å²) in [5.41, 5.74) is 0.860. The average molecular weight is 513 g/mol. The summed E-state index contributed by atoms with van der Waals surface area (Å²) in [5.74, 6) is -0.146. The predicted octanol–water partition coefficient (Wildman–Crippen LogP) is 5.66. The van der Waals surface area contributed by atoms with Crippen LogP contribution < -0.4 is 5.32 Å². The molecule has 186 valence electrons. The van der Waals surface area contributed by atoms with Crippen molar-refractivity contribution in [1.29, 1.82) is 0 Å². The highest BCUT2D eigenvalue weighted by molar-refractivity contribution is 7.92. The lowest BCUT2D eigenvalue weighted by Gasteiger charge is -2.35. The van der Waals surface area contributed by atoms with E-state index in [0.29, 0.717) is 22.7 Å². The van der Waals surface area contributed by atoms with Crippen molar-refractivity contribution in [2.75, 3.05) is 0 Å². The van der Waals surface area contributed by atoms with Crippen molar-refractivity contribution in [3.8, 4) is 0 Å². The minimum atomic E-state index is -3.48. The predicted molar refractivity (Wildman–Crippen MR) is 138 cm³/mol. The molecule has 2 saturated carbocycles. The van der Waals surface area contributed by atoms with Gasteiger partial charge in [-0.05, 0) is 60.9 Å².